The number of alkyl halides is 3. The Morgan fingerprint density at radius 1 is 0.824 bits per heavy atom. The summed E-state index contributed by atoms with van der Waals surface area (Å²) in [5, 5.41) is 13.0. The number of Topliss-reactive ketones (excluding diaryl/α,β-unsaturated/α-hetero) is 1. The van der Waals surface area contributed by atoms with Gasteiger partial charge < -0.3 is 31.0 Å². The SMILES string of the molecule is CC(=O)NCCCC[C@H](NC(=O)CNC(=O)[C@@H](CC(C)C)NC(=O)CCCCCNC(=O)C(F)(F)F)C(=O)Cc1ccc2c(C)cc(=O)oc2c1. The molecular formula is C35H48F3N5O8. The first-order valence-corrected chi connectivity index (χ1v) is 17.0. The van der Waals surface area contributed by atoms with E-state index >= 15 is 0 Å². The van der Waals surface area contributed by atoms with Crippen LogP contribution >= 0.6 is 0 Å². The summed E-state index contributed by atoms with van der Waals surface area (Å²) < 4.78 is 42.1. The van der Waals surface area contributed by atoms with Gasteiger partial charge in [-0.05, 0) is 68.6 Å². The number of halogens is 3. The topological polar surface area (TPSA) is 193 Å². The molecule has 2 rings (SSSR count). The minimum Gasteiger partial charge on any atom is -0.423 e. The highest BCUT2D eigenvalue weighted by Gasteiger charge is 2.38. The Morgan fingerprint density at radius 3 is 2.16 bits per heavy atom. The smallest absolute Gasteiger partial charge is 0.423 e. The van der Waals surface area contributed by atoms with Crippen molar-refractivity contribution in [2.75, 3.05) is 19.6 Å². The average molecular weight is 724 g/mol. The van der Waals surface area contributed by atoms with Crippen molar-refractivity contribution in [3.63, 3.8) is 0 Å². The second-order valence-corrected chi connectivity index (χ2v) is 12.9. The van der Waals surface area contributed by atoms with E-state index in [0.717, 1.165) is 10.9 Å². The highest BCUT2D eigenvalue weighted by atomic mass is 19.4. The number of carbonyl (C=O) groups is 6. The number of hydrogen-bond acceptors (Lipinski definition) is 8. The number of aryl methyl sites for hydroxylation is 1. The molecule has 5 amide bonds. The molecule has 16 heteroatoms. The predicted molar refractivity (Wildman–Crippen MR) is 182 cm³/mol. The zero-order chi connectivity index (χ0) is 38.1. The van der Waals surface area contributed by atoms with Crippen LogP contribution in [0.1, 0.15) is 83.3 Å². The number of ketones is 1. The molecule has 51 heavy (non-hydrogen) atoms. The van der Waals surface area contributed by atoms with E-state index in [1.54, 1.807) is 30.4 Å². The number of hydrogen-bond donors (Lipinski definition) is 5. The molecular weight excluding hydrogens is 675 g/mol. The third-order valence-corrected chi connectivity index (χ3v) is 7.82. The van der Waals surface area contributed by atoms with Crippen molar-refractivity contribution in [3.05, 3.63) is 45.8 Å². The maximum Gasteiger partial charge on any atom is 0.471 e. The van der Waals surface area contributed by atoms with Crippen molar-refractivity contribution in [2.45, 2.75) is 104 Å². The molecule has 2 atom stereocenters. The molecule has 0 bridgehead atoms. The largest absolute Gasteiger partial charge is 0.471 e. The number of carbonyl (C=O) groups excluding carboxylic acids is 6. The van der Waals surface area contributed by atoms with Crippen molar-refractivity contribution in [1.29, 1.82) is 0 Å². The van der Waals surface area contributed by atoms with E-state index in [1.165, 1.54) is 13.0 Å². The Kier molecular flexibility index (Phi) is 17.3. The fraction of sp³-hybridized carbons (Fsp3) is 0.571. The van der Waals surface area contributed by atoms with E-state index in [4.69, 9.17) is 4.42 Å². The Labute approximate surface area is 294 Å². The Morgan fingerprint density at radius 2 is 1.49 bits per heavy atom. The van der Waals surface area contributed by atoms with E-state index in [2.05, 4.69) is 21.3 Å². The molecule has 0 aliphatic heterocycles. The summed E-state index contributed by atoms with van der Waals surface area (Å²) >= 11 is 0. The molecule has 0 aliphatic rings. The van der Waals surface area contributed by atoms with Gasteiger partial charge in [0.2, 0.25) is 23.6 Å². The zero-order valence-electron chi connectivity index (χ0n) is 29.4. The molecule has 0 fully saturated rings. The van der Waals surface area contributed by atoms with Crippen LogP contribution in [0.25, 0.3) is 11.0 Å². The number of benzene rings is 1. The van der Waals surface area contributed by atoms with Crippen LogP contribution in [-0.2, 0) is 35.2 Å². The van der Waals surface area contributed by atoms with Gasteiger partial charge in [-0.2, -0.15) is 13.2 Å². The normalized spacial score (nSPS) is 12.5. The van der Waals surface area contributed by atoms with E-state index in [0.29, 0.717) is 43.4 Å². The van der Waals surface area contributed by atoms with Gasteiger partial charge in [0.05, 0.1) is 12.6 Å². The number of fused-ring (bicyclic) bond motifs is 1. The molecule has 1 aromatic carbocycles. The van der Waals surface area contributed by atoms with Gasteiger partial charge in [0.15, 0.2) is 5.78 Å². The minimum absolute atomic E-state index is 0.00124. The summed E-state index contributed by atoms with van der Waals surface area (Å²) in [5.41, 5.74) is 1.13. The summed E-state index contributed by atoms with van der Waals surface area (Å²) in [5.74, 6) is -4.20. The summed E-state index contributed by atoms with van der Waals surface area (Å²) in [6.45, 7) is 6.60. The quantitative estimate of drug-likeness (QED) is 0.0959. The van der Waals surface area contributed by atoms with Crippen LogP contribution in [0, 0.1) is 12.8 Å². The molecule has 0 unspecified atom stereocenters. The fourth-order valence-electron chi connectivity index (χ4n) is 5.25. The monoisotopic (exact) mass is 723 g/mol. The average Bonchev–Trinajstić information content (AvgIpc) is 3.02. The van der Waals surface area contributed by atoms with Crippen molar-refractivity contribution in [2.24, 2.45) is 5.92 Å². The van der Waals surface area contributed by atoms with Crippen molar-refractivity contribution in [1.82, 2.24) is 26.6 Å². The molecule has 1 aromatic heterocycles. The van der Waals surface area contributed by atoms with Gasteiger partial charge >= 0.3 is 17.7 Å². The van der Waals surface area contributed by atoms with Gasteiger partial charge in [-0.15, -0.1) is 0 Å². The maximum atomic E-state index is 13.4. The number of rotatable bonds is 21. The van der Waals surface area contributed by atoms with E-state index in [9.17, 15) is 46.7 Å². The lowest BCUT2D eigenvalue weighted by Gasteiger charge is -2.21. The molecule has 282 valence electrons. The second-order valence-electron chi connectivity index (χ2n) is 12.9. The lowest BCUT2D eigenvalue weighted by atomic mass is 9.98. The summed E-state index contributed by atoms with van der Waals surface area (Å²) in [6, 6.07) is 4.60. The van der Waals surface area contributed by atoms with Gasteiger partial charge in [-0.25, -0.2) is 4.79 Å². The molecule has 0 aliphatic carbocycles. The molecule has 0 radical (unpaired) electrons. The highest BCUT2D eigenvalue weighted by Crippen LogP contribution is 2.19. The first-order chi connectivity index (χ1) is 24.0. The summed E-state index contributed by atoms with van der Waals surface area (Å²) in [7, 11) is 0. The van der Waals surface area contributed by atoms with Crippen LogP contribution in [-0.4, -0.2) is 73.2 Å². The minimum atomic E-state index is -4.96. The van der Waals surface area contributed by atoms with Crippen LogP contribution < -0.4 is 32.2 Å². The Hall–Kier alpha value is -4.76. The third-order valence-electron chi connectivity index (χ3n) is 7.82. The fourth-order valence-corrected chi connectivity index (χ4v) is 5.25. The van der Waals surface area contributed by atoms with Crippen molar-refractivity contribution in [3.8, 4) is 0 Å². The Bertz CT molecular complexity index is 1590. The zero-order valence-corrected chi connectivity index (χ0v) is 29.4. The second kappa shape index (κ2) is 20.8. The highest BCUT2D eigenvalue weighted by molar-refractivity contribution is 5.94. The predicted octanol–water partition coefficient (Wildman–Crippen LogP) is 2.89. The van der Waals surface area contributed by atoms with Crippen LogP contribution in [0.4, 0.5) is 13.2 Å². The molecule has 13 nitrogen and oxygen atoms in total. The van der Waals surface area contributed by atoms with Crippen LogP contribution in [0.15, 0.2) is 33.5 Å². The van der Waals surface area contributed by atoms with Gasteiger partial charge in [0.1, 0.15) is 11.6 Å². The number of amides is 5. The lowest BCUT2D eigenvalue weighted by Crippen LogP contribution is -2.51. The van der Waals surface area contributed by atoms with E-state index in [-0.39, 0.29) is 56.3 Å². The standard InChI is InChI=1S/C35H48F3N5O8/c1-21(2)16-27(43-30(46)11-6-5-8-15-40-34(50)35(36,37)38)33(49)41-20-31(47)42-26(10-7-9-14-39-23(4)44)28(45)18-24-12-13-25-22(3)17-32(48)51-29(25)19-24/h12-13,17,19,21,26-27H,5-11,14-16,18,20H2,1-4H3,(H,39,44)(H,40,50)(H,41,49)(H,42,47)(H,43,46)/t26-,27+/m0/s1. The first kappa shape index (κ1) is 42.4. The molecule has 5 N–H and O–H groups in total. The van der Waals surface area contributed by atoms with Gasteiger partial charge in [-0.1, -0.05) is 32.4 Å². The van der Waals surface area contributed by atoms with Crippen molar-refractivity contribution < 1.29 is 46.4 Å². The summed E-state index contributed by atoms with van der Waals surface area (Å²) in [4.78, 5) is 85.9. The molecule has 1 heterocycles. The molecule has 2 aromatic rings. The third kappa shape index (κ3) is 16.2. The summed E-state index contributed by atoms with van der Waals surface area (Å²) in [6.07, 6.45) is -2.51. The van der Waals surface area contributed by atoms with Gasteiger partial charge in [-0.3, -0.25) is 28.8 Å². The van der Waals surface area contributed by atoms with Gasteiger partial charge in [0, 0.05) is 44.3 Å². The Balaban J connectivity index is 1.96. The van der Waals surface area contributed by atoms with Gasteiger partial charge in [0.25, 0.3) is 0 Å². The first-order valence-electron chi connectivity index (χ1n) is 17.0. The number of nitrogens with one attached hydrogen (secondary N) is 5. The van der Waals surface area contributed by atoms with Crippen LogP contribution in [0.3, 0.4) is 0 Å². The number of unbranched alkanes of at least 4 members (excludes halogenated alkanes) is 3. The van der Waals surface area contributed by atoms with Crippen LogP contribution in [0.2, 0.25) is 0 Å². The maximum absolute atomic E-state index is 13.4. The lowest BCUT2D eigenvalue weighted by molar-refractivity contribution is -0.173. The molecule has 0 saturated carbocycles. The van der Waals surface area contributed by atoms with E-state index in [1.807, 2.05) is 13.8 Å². The molecule has 0 saturated heterocycles. The van der Waals surface area contributed by atoms with Crippen molar-refractivity contribution >= 4 is 46.3 Å². The van der Waals surface area contributed by atoms with Crippen LogP contribution in [0.5, 0.6) is 0 Å². The van der Waals surface area contributed by atoms with E-state index < -0.39 is 54.1 Å². The molecule has 0 spiro atoms.